The van der Waals surface area contributed by atoms with Crippen LogP contribution in [0.4, 0.5) is 0 Å². The van der Waals surface area contributed by atoms with E-state index in [9.17, 15) is 107 Å². The van der Waals surface area contributed by atoms with Crippen molar-refractivity contribution in [1.82, 2.24) is 0 Å². The van der Waals surface area contributed by atoms with Gasteiger partial charge in [0.2, 0.25) is 6.29 Å². The van der Waals surface area contributed by atoms with Gasteiger partial charge in [0.25, 0.3) is 0 Å². The number of allylic oxidation sites excluding steroid dienone is 2. The summed E-state index contributed by atoms with van der Waals surface area (Å²) in [5.41, 5.74) is -2.12. The van der Waals surface area contributed by atoms with Crippen molar-refractivity contribution in [2.45, 2.75) is 290 Å². The van der Waals surface area contributed by atoms with E-state index in [1.54, 1.807) is 0 Å². The minimum absolute atomic E-state index is 0.0598. The molecule has 33 nitrogen and oxygen atoms in total. The molecule has 10 fully saturated rings. The summed E-state index contributed by atoms with van der Waals surface area (Å²) in [6.45, 7) is 7.88. The number of rotatable bonds is 18. The van der Waals surface area contributed by atoms with Gasteiger partial charge in [0, 0.05) is 5.41 Å². The summed E-state index contributed by atoms with van der Waals surface area (Å²) in [6.07, 6.45) is -45.4. The summed E-state index contributed by atoms with van der Waals surface area (Å²) in [5.74, 6) is -0.938. The summed E-state index contributed by atoms with van der Waals surface area (Å²) < 4.78 is 70.3. The molecular formula is C65H106O33. The Morgan fingerprint density at radius 2 is 0.908 bits per heavy atom. The van der Waals surface area contributed by atoms with E-state index < -0.39 is 252 Å². The number of esters is 1. The number of fused-ring (bicyclic) bond motifs is 7. The Balaban J connectivity index is 0.761. The first-order chi connectivity index (χ1) is 46.2. The van der Waals surface area contributed by atoms with Gasteiger partial charge in [0.15, 0.2) is 31.5 Å². The Morgan fingerprint density at radius 3 is 1.45 bits per heavy atom. The van der Waals surface area contributed by atoms with E-state index in [4.69, 9.17) is 56.8 Å². The van der Waals surface area contributed by atoms with Crippen molar-refractivity contribution >= 4 is 5.97 Å². The predicted octanol–water partition coefficient (Wildman–Crippen LogP) is -6.78. The molecule has 0 radical (unpaired) electrons. The summed E-state index contributed by atoms with van der Waals surface area (Å²) in [5, 5.41) is 219. The molecule has 6 heterocycles. The Labute approximate surface area is 566 Å². The second-order valence-corrected chi connectivity index (χ2v) is 31.3. The SMILES string of the molecule is CC1(C)CCC2(C(=O)OC3OC(CO)C(O)C(O)C3O)CCC3(C)C(=CCC4C5(C)CCC(OC6OC(CO)C(O)C(OC7OC(CO)C(OC8OC(CO)C(O)C(OC9OC(CO)C(O)C(OC%10OCC(O)C(O)C%10O)C9O)C8O)C(O)C7O)C6O)C(C)(CO)C5CCC43C)C2C1. The normalized spacial score (nSPS) is 54.3. The molecule has 0 aromatic carbocycles. The third-order valence-corrected chi connectivity index (χ3v) is 25.4. The van der Waals surface area contributed by atoms with Crippen molar-refractivity contribution in [2.75, 3.05) is 46.2 Å². The van der Waals surface area contributed by atoms with Crippen molar-refractivity contribution in [2.24, 2.45) is 50.2 Å². The van der Waals surface area contributed by atoms with Crippen LogP contribution in [0.15, 0.2) is 11.6 Å². The van der Waals surface area contributed by atoms with Crippen LogP contribution < -0.4 is 0 Å². The molecule has 38 atom stereocenters. The third kappa shape index (κ3) is 13.1. The molecule has 38 unspecified atom stereocenters. The van der Waals surface area contributed by atoms with Gasteiger partial charge >= 0.3 is 5.97 Å². The van der Waals surface area contributed by atoms with Crippen molar-refractivity contribution in [3.8, 4) is 0 Å². The van der Waals surface area contributed by atoms with Crippen molar-refractivity contribution in [3.63, 3.8) is 0 Å². The van der Waals surface area contributed by atoms with Crippen LogP contribution in [0.5, 0.6) is 0 Å². The van der Waals surface area contributed by atoms with Gasteiger partial charge in [-0.2, -0.15) is 0 Å². The van der Waals surface area contributed by atoms with Crippen LogP contribution in [0.2, 0.25) is 0 Å². The molecule has 4 saturated carbocycles. The van der Waals surface area contributed by atoms with Crippen LogP contribution in [-0.2, 0) is 61.6 Å². The number of hydrogen-bond acceptors (Lipinski definition) is 33. The lowest BCUT2D eigenvalue weighted by atomic mass is 9.33. The van der Waals surface area contributed by atoms with Crippen molar-refractivity contribution < 1.29 is 164 Å². The fraction of sp³-hybridized carbons (Fsp3) is 0.954. The smallest absolute Gasteiger partial charge is 0.315 e. The zero-order valence-electron chi connectivity index (χ0n) is 55.9. The molecule has 0 bridgehead atoms. The van der Waals surface area contributed by atoms with Gasteiger partial charge in [0.1, 0.15) is 140 Å². The molecule has 33 heteroatoms. The summed E-state index contributed by atoms with van der Waals surface area (Å²) >= 11 is 0. The standard InChI is InChI=1S/C65H106O33/c1-60(2)13-15-65(59(86)98-55-44(81)41(78)37(74)28(18-66)88-55)16-14-63(5)25(26(65)17-60)7-8-34-61(3)11-10-35(62(4,24-71)33(61)9-12-64(34,63)6)93-56-46(83)51(39(76)29(19-67)89-56)96-54-45(82)42(79)49(32(22-70)92-54)94-57-48(85)52(40(77)31(21-69)90-57)97-58-47(84)50(38(75)30(20-68)91-58)95-53-43(80)36(73)27(72)23-87-53/h7,26-58,66-85H,8-24H2,1-6H3. The highest BCUT2D eigenvalue weighted by Crippen LogP contribution is 2.76. The number of aliphatic hydroxyl groups is 20. The maximum atomic E-state index is 14.8. The lowest BCUT2D eigenvalue weighted by molar-refractivity contribution is -0.395. The van der Waals surface area contributed by atoms with Gasteiger partial charge in [-0.05, 0) is 104 Å². The van der Waals surface area contributed by atoms with Crippen LogP contribution in [0.1, 0.15) is 106 Å². The van der Waals surface area contributed by atoms with Crippen LogP contribution in [0.3, 0.4) is 0 Å². The van der Waals surface area contributed by atoms with Crippen molar-refractivity contribution in [1.29, 1.82) is 0 Å². The second-order valence-electron chi connectivity index (χ2n) is 31.3. The average molecular weight is 1420 g/mol. The molecule has 0 aromatic heterocycles. The van der Waals surface area contributed by atoms with Crippen LogP contribution >= 0.6 is 0 Å². The predicted molar refractivity (Wildman–Crippen MR) is 323 cm³/mol. The number of carbonyl (C=O) groups excluding carboxylic acids is 1. The molecular weight excluding hydrogens is 1310 g/mol. The zero-order chi connectivity index (χ0) is 71.4. The van der Waals surface area contributed by atoms with Crippen molar-refractivity contribution in [3.05, 3.63) is 11.6 Å². The number of hydrogen-bond donors (Lipinski definition) is 20. The van der Waals surface area contributed by atoms with Gasteiger partial charge in [-0.15, -0.1) is 0 Å². The lowest BCUT2D eigenvalue weighted by Gasteiger charge is -2.71. The average Bonchev–Trinajstić information content (AvgIpc) is 0.675. The minimum atomic E-state index is -2.17. The molecule has 0 spiro atoms. The van der Waals surface area contributed by atoms with E-state index in [0.717, 1.165) is 12.8 Å². The summed E-state index contributed by atoms with van der Waals surface area (Å²) in [7, 11) is 0. The van der Waals surface area contributed by atoms with E-state index in [2.05, 4.69) is 40.7 Å². The fourth-order valence-electron chi connectivity index (χ4n) is 19.2. The topological polar surface area (TPSA) is 532 Å². The van der Waals surface area contributed by atoms with E-state index in [1.807, 2.05) is 6.92 Å². The fourth-order valence-corrected chi connectivity index (χ4v) is 19.2. The molecule has 5 aliphatic carbocycles. The lowest BCUT2D eigenvalue weighted by Crippen LogP contribution is -2.68. The molecule has 0 aromatic rings. The maximum absolute atomic E-state index is 14.8. The van der Waals surface area contributed by atoms with Gasteiger partial charge in [-0.3, -0.25) is 4.79 Å². The highest BCUT2D eigenvalue weighted by molar-refractivity contribution is 5.79. The van der Waals surface area contributed by atoms with Gasteiger partial charge in [0.05, 0.1) is 57.8 Å². The molecule has 11 aliphatic rings. The van der Waals surface area contributed by atoms with E-state index in [0.29, 0.717) is 51.4 Å². The third-order valence-electron chi connectivity index (χ3n) is 25.4. The number of carbonyl (C=O) groups is 1. The zero-order valence-corrected chi connectivity index (χ0v) is 55.9. The number of ether oxygens (including phenoxy) is 12. The molecule has 0 amide bonds. The first kappa shape index (κ1) is 77.1. The molecule has 98 heavy (non-hydrogen) atoms. The molecule has 11 rings (SSSR count). The highest BCUT2D eigenvalue weighted by Gasteiger charge is 2.71. The summed E-state index contributed by atoms with van der Waals surface area (Å²) in [6, 6.07) is 0. The Kier molecular flexibility index (Phi) is 23.1. The molecule has 564 valence electrons. The van der Waals surface area contributed by atoms with Crippen LogP contribution in [0.25, 0.3) is 0 Å². The Hall–Kier alpha value is -2.03. The Morgan fingerprint density at radius 1 is 0.449 bits per heavy atom. The minimum Gasteiger partial charge on any atom is -0.432 e. The highest BCUT2D eigenvalue weighted by atomic mass is 16.8. The molecule has 6 aliphatic heterocycles. The molecule has 20 N–H and O–H groups in total. The maximum Gasteiger partial charge on any atom is 0.315 e. The molecule has 6 saturated heterocycles. The van der Waals surface area contributed by atoms with E-state index in [1.165, 1.54) is 5.57 Å². The quantitative estimate of drug-likeness (QED) is 0.0345. The van der Waals surface area contributed by atoms with E-state index in [-0.39, 0.29) is 35.2 Å². The monoisotopic (exact) mass is 1410 g/mol. The van der Waals surface area contributed by atoms with Gasteiger partial charge < -0.3 is 159 Å². The largest absolute Gasteiger partial charge is 0.432 e. The van der Waals surface area contributed by atoms with E-state index >= 15 is 0 Å². The summed E-state index contributed by atoms with van der Waals surface area (Å²) in [4.78, 5) is 14.8. The van der Waals surface area contributed by atoms with Gasteiger partial charge in [-0.1, -0.05) is 53.2 Å². The van der Waals surface area contributed by atoms with Gasteiger partial charge in [-0.25, -0.2) is 0 Å². The van der Waals surface area contributed by atoms with Crippen LogP contribution in [0, 0.1) is 50.2 Å². The number of aliphatic hydroxyl groups excluding tert-OH is 20. The first-order valence-electron chi connectivity index (χ1n) is 34.4. The second kappa shape index (κ2) is 29.4. The Bertz CT molecular complexity index is 2730. The van der Waals surface area contributed by atoms with Crippen LogP contribution in [-0.4, -0.2) is 339 Å². The first-order valence-corrected chi connectivity index (χ1v) is 34.4.